The lowest BCUT2D eigenvalue weighted by Crippen LogP contribution is -2.13. The molecule has 72 heavy (non-hydrogen) atoms. The van der Waals surface area contributed by atoms with Gasteiger partial charge in [0.2, 0.25) is 0 Å². The second-order valence-corrected chi connectivity index (χ2v) is 18.8. The maximum absolute atomic E-state index is 2.53. The van der Waals surface area contributed by atoms with Crippen LogP contribution in [0, 0.1) is 0 Å². The fourth-order valence-electron chi connectivity index (χ4n) is 11.4. The van der Waals surface area contributed by atoms with Crippen LogP contribution < -0.4 is 4.90 Å². The molecule has 1 heterocycles. The van der Waals surface area contributed by atoms with Crippen molar-refractivity contribution in [1.29, 1.82) is 0 Å². The number of hydrogen-bond donors (Lipinski definition) is 0. The van der Waals surface area contributed by atoms with Crippen LogP contribution in [-0.4, -0.2) is 4.57 Å². The highest BCUT2D eigenvalue weighted by atomic mass is 15.1. The number of nitrogens with zero attached hydrogens (tertiary/aromatic N) is 2. The van der Waals surface area contributed by atoms with Gasteiger partial charge >= 0.3 is 0 Å². The molecular weight excluding hydrogens is 869 g/mol. The lowest BCUT2D eigenvalue weighted by Gasteiger charge is -2.32. The lowest BCUT2D eigenvalue weighted by molar-refractivity contribution is 1.18. The quantitative estimate of drug-likeness (QED) is 0.147. The Kier molecular flexibility index (Phi) is 9.89. The average molecular weight is 915 g/mol. The van der Waals surface area contributed by atoms with Crippen molar-refractivity contribution in [2.75, 3.05) is 4.90 Å². The van der Waals surface area contributed by atoms with E-state index in [4.69, 9.17) is 0 Å². The van der Waals surface area contributed by atoms with Gasteiger partial charge in [0.25, 0.3) is 0 Å². The number of hydrogen-bond acceptors (Lipinski definition) is 1. The Labute approximate surface area is 418 Å². The van der Waals surface area contributed by atoms with Gasteiger partial charge in [-0.05, 0) is 126 Å². The van der Waals surface area contributed by atoms with Crippen LogP contribution in [0.4, 0.5) is 17.1 Å². The first-order chi connectivity index (χ1) is 35.7. The van der Waals surface area contributed by atoms with E-state index in [1.54, 1.807) is 0 Å². The zero-order valence-electron chi connectivity index (χ0n) is 39.5. The Morgan fingerprint density at radius 3 is 1.56 bits per heavy atom. The van der Waals surface area contributed by atoms with E-state index in [1.165, 1.54) is 81.6 Å². The van der Waals surface area contributed by atoms with E-state index in [1.807, 2.05) is 0 Å². The second kappa shape index (κ2) is 17.2. The summed E-state index contributed by atoms with van der Waals surface area (Å²) in [5.41, 5.74) is 16.1. The minimum absolute atomic E-state index is 1.08. The van der Waals surface area contributed by atoms with Crippen LogP contribution in [0.2, 0.25) is 0 Å². The molecule has 0 unspecified atom stereocenters. The molecule has 0 amide bonds. The molecule has 1 aromatic heterocycles. The highest BCUT2D eigenvalue weighted by molar-refractivity contribution is 6.14. The SMILES string of the molecule is c1ccc(-c2ccc(-n3c4ccccc4c4cc5ccccc5cc43)cc2-c2ccccc2N(c2ccccc2-c2cccc3ccccc23)c2ccc(-c3ccc4ccccc4c3)c3ccccc23)cc1. The van der Waals surface area contributed by atoms with Gasteiger partial charge in [0.15, 0.2) is 0 Å². The largest absolute Gasteiger partial charge is 0.309 e. The van der Waals surface area contributed by atoms with Crippen LogP contribution >= 0.6 is 0 Å². The Morgan fingerprint density at radius 2 is 0.778 bits per heavy atom. The normalized spacial score (nSPS) is 11.6. The fourth-order valence-corrected chi connectivity index (χ4v) is 11.4. The Morgan fingerprint density at radius 1 is 0.222 bits per heavy atom. The first-order valence-electron chi connectivity index (χ1n) is 24.8. The van der Waals surface area contributed by atoms with Gasteiger partial charge < -0.3 is 9.47 Å². The van der Waals surface area contributed by atoms with Gasteiger partial charge in [-0.1, -0.05) is 224 Å². The van der Waals surface area contributed by atoms with E-state index in [0.29, 0.717) is 0 Å². The topological polar surface area (TPSA) is 8.17 Å². The van der Waals surface area contributed by atoms with Crippen LogP contribution in [0.15, 0.2) is 279 Å². The molecule has 0 aliphatic rings. The molecule has 0 bridgehead atoms. The monoisotopic (exact) mass is 914 g/mol. The molecule has 0 saturated carbocycles. The van der Waals surface area contributed by atoms with Crippen LogP contribution in [0.1, 0.15) is 0 Å². The third-order valence-electron chi connectivity index (χ3n) is 14.7. The third kappa shape index (κ3) is 6.88. The van der Waals surface area contributed by atoms with E-state index >= 15 is 0 Å². The number of para-hydroxylation sites is 3. The van der Waals surface area contributed by atoms with E-state index < -0.39 is 0 Å². The minimum atomic E-state index is 1.08. The molecule has 2 heteroatoms. The lowest BCUT2D eigenvalue weighted by atomic mass is 9.91. The van der Waals surface area contributed by atoms with Crippen LogP contribution in [-0.2, 0) is 0 Å². The molecule has 14 aromatic rings. The maximum Gasteiger partial charge on any atom is 0.0547 e. The van der Waals surface area contributed by atoms with Gasteiger partial charge in [-0.15, -0.1) is 0 Å². The molecule has 0 radical (unpaired) electrons. The van der Waals surface area contributed by atoms with E-state index in [-0.39, 0.29) is 0 Å². The van der Waals surface area contributed by atoms with Gasteiger partial charge in [-0.3, -0.25) is 0 Å². The maximum atomic E-state index is 2.53. The zero-order chi connectivity index (χ0) is 47.5. The molecule has 0 fully saturated rings. The number of anilines is 3. The zero-order valence-corrected chi connectivity index (χ0v) is 39.5. The standard InChI is InChI=1S/C70H46N2/c1-2-20-48(21-3-1)56-40-39-54(71-66-34-15-14-32-63(66)65-44-51-24-6-7-25-52(51)45-70(65)71)46-64(56)62-31-13-17-36-68(62)72(67-35-16-12-30-60(67)59-33-18-26-49-22-8-9-27-55(49)59)69-42-41-57(58-28-10-11-29-61(58)69)53-38-37-47-19-4-5-23-50(47)43-53/h1-46H. The molecule has 0 N–H and O–H groups in total. The Bertz CT molecular complexity index is 4400. The van der Waals surface area contributed by atoms with Crippen molar-refractivity contribution in [3.8, 4) is 50.2 Å². The fraction of sp³-hybridized carbons (Fsp3) is 0. The van der Waals surface area contributed by atoms with Crippen molar-refractivity contribution in [3.05, 3.63) is 279 Å². The summed E-state index contributed by atoms with van der Waals surface area (Å²) in [4.78, 5) is 2.53. The van der Waals surface area contributed by atoms with E-state index in [2.05, 4.69) is 289 Å². The molecule has 13 aromatic carbocycles. The average Bonchev–Trinajstić information content (AvgIpc) is 3.77. The predicted molar refractivity (Wildman–Crippen MR) is 307 cm³/mol. The van der Waals surface area contributed by atoms with Crippen LogP contribution in [0.3, 0.4) is 0 Å². The van der Waals surface area contributed by atoms with Crippen LogP contribution in [0.5, 0.6) is 0 Å². The summed E-state index contributed by atoms with van der Waals surface area (Å²) in [7, 11) is 0. The van der Waals surface area contributed by atoms with Gasteiger partial charge in [0, 0.05) is 33.0 Å². The molecule has 0 atom stereocenters. The molecule has 0 spiro atoms. The van der Waals surface area contributed by atoms with Crippen molar-refractivity contribution in [3.63, 3.8) is 0 Å². The highest BCUT2D eigenvalue weighted by Gasteiger charge is 2.25. The van der Waals surface area contributed by atoms with Crippen molar-refractivity contribution < 1.29 is 0 Å². The van der Waals surface area contributed by atoms with Crippen molar-refractivity contribution in [2.45, 2.75) is 0 Å². The highest BCUT2D eigenvalue weighted by Crippen LogP contribution is 2.50. The smallest absolute Gasteiger partial charge is 0.0547 e. The molecule has 0 aliphatic carbocycles. The van der Waals surface area contributed by atoms with E-state index in [0.717, 1.165) is 50.6 Å². The Hall–Kier alpha value is -9.50. The number of benzene rings is 13. The molecule has 0 saturated heterocycles. The summed E-state index contributed by atoms with van der Waals surface area (Å²) < 4.78 is 2.46. The molecule has 14 rings (SSSR count). The van der Waals surface area contributed by atoms with Crippen molar-refractivity contribution in [1.82, 2.24) is 4.57 Å². The molecule has 2 nitrogen and oxygen atoms in total. The van der Waals surface area contributed by atoms with Crippen LogP contribution in [0.25, 0.3) is 115 Å². The van der Waals surface area contributed by atoms with Crippen molar-refractivity contribution >= 4 is 82.0 Å². The predicted octanol–water partition coefficient (Wildman–Crippen LogP) is 19.5. The minimum Gasteiger partial charge on any atom is -0.309 e. The third-order valence-corrected chi connectivity index (χ3v) is 14.7. The first kappa shape index (κ1) is 41.5. The molecule has 0 aliphatic heterocycles. The van der Waals surface area contributed by atoms with Crippen molar-refractivity contribution in [2.24, 2.45) is 0 Å². The van der Waals surface area contributed by atoms with Gasteiger partial charge in [0.1, 0.15) is 0 Å². The summed E-state index contributed by atoms with van der Waals surface area (Å²) in [6.45, 7) is 0. The summed E-state index contributed by atoms with van der Waals surface area (Å²) in [5.74, 6) is 0. The number of rotatable bonds is 8. The molecular formula is C70H46N2. The Balaban J connectivity index is 1.05. The van der Waals surface area contributed by atoms with E-state index in [9.17, 15) is 0 Å². The summed E-state index contributed by atoms with van der Waals surface area (Å²) >= 11 is 0. The van der Waals surface area contributed by atoms with Gasteiger partial charge in [-0.2, -0.15) is 0 Å². The summed E-state index contributed by atoms with van der Waals surface area (Å²) in [6.07, 6.45) is 0. The molecule has 336 valence electrons. The number of fused-ring (bicyclic) bond motifs is 7. The first-order valence-corrected chi connectivity index (χ1v) is 24.8. The van der Waals surface area contributed by atoms with Gasteiger partial charge in [-0.25, -0.2) is 0 Å². The second-order valence-electron chi connectivity index (χ2n) is 18.8. The number of aromatic nitrogens is 1. The summed E-state index contributed by atoms with van der Waals surface area (Å²) in [6, 6.07) is 103. The summed E-state index contributed by atoms with van der Waals surface area (Å²) in [5, 5.41) is 12.2. The van der Waals surface area contributed by atoms with Gasteiger partial charge in [0.05, 0.1) is 28.1 Å².